The summed E-state index contributed by atoms with van der Waals surface area (Å²) in [5.41, 5.74) is 2.89. The third-order valence-corrected chi connectivity index (χ3v) is 7.14. The standard InChI is InChI=1S/C24H28FNO3S/c1-24(2,3)20-9-4-19(5-10-20)16-26(22-14-15-30(28,29)17-22)23(27)13-8-18-6-11-21(25)12-7-18/h4-13,22H,14-17H2,1-3H3. The summed E-state index contributed by atoms with van der Waals surface area (Å²) in [6.07, 6.45) is 3.50. The number of benzene rings is 2. The van der Waals surface area contributed by atoms with Crippen molar-refractivity contribution in [3.8, 4) is 0 Å². The summed E-state index contributed by atoms with van der Waals surface area (Å²) in [6, 6.07) is 13.6. The Morgan fingerprint density at radius 1 is 1.10 bits per heavy atom. The maximum Gasteiger partial charge on any atom is 0.247 e. The average Bonchev–Trinajstić information content (AvgIpc) is 3.04. The first kappa shape index (κ1) is 22.2. The van der Waals surface area contributed by atoms with Crippen molar-refractivity contribution in [2.24, 2.45) is 0 Å². The summed E-state index contributed by atoms with van der Waals surface area (Å²) in [4.78, 5) is 14.6. The van der Waals surface area contributed by atoms with Gasteiger partial charge in [0.15, 0.2) is 9.84 Å². The van der Waals surface area contributed by atoms with E-state index in [1.807, 2.05) is 12.1 Å². The van der Waals surface area contributed by atoms with Crippen LogP contribution in [0.3, 0.4) is 0 Å². The third kappa shape index (κ3) is 5.79. The monoisotopic (exact) mass is 429 g/mol. The summed E-state index contributed by atoms with van der Waals surface area (Å²) in [7, 11) is -3.12. The summed E-state index contributed by atoms with van der Waals surface area (Å²) < 4.78 is 37.1. The molecule has 4 nitrogen and oxygen atoms in total. The van der Waals surface area contributed by atoms with Crippen LogP contribution in [-0.2, 0) is 26.6 Å². The molecule has 30 heavy (non-hydrogen) atoms. The zero-order chi connectivity index (χ0) is 21.9. The molecule has 160 valence electrons. The van der Waals surface area contributed by atoms with E-state index in [2.05, 4.69) is 32.9 Å². The Morgan fingerprint density at radius 2 is 1.73 bits per heavy atom. The Balaban J connectivity index is 1.81. The average molecular weight is 430 g/mol. The van der Waals surface area contributed by atoms with Gasteiger partial charge in [0.25, 0.3) is 0 Å². The summed E-state index contributed by atoms with van der Waals surface area (Å²) in [5.74, 6) is -0.494. The van der Waals surface area contributed by atoms with Gasteiger partial charge in [-0.05, 0) is 46.7 Å². The molecule has 1 heterocycles. The molecule has 0 radical (unpaired) electrons. The van der Waals surface area contributed by atoms with Crippen LogP contribution in [-0.4, -0.2) is 36.8 Å². The van der Waals surface area contributed by atoms with Gasteiger partial charge in [-0.15, -0.1) is 0 Å². The van der Waals surface area contributed by atoms with E-state index < -0.39 is 9.84 Å². The SMILES string of the molecule is CC(C)(C)c1ccc(CN(C(=O)C=Cc2ccc(F)cc2)C2CCS(=O)(=O)C2)cc1. The topological polar surface area (TPSA) is 54.5 Å². The first-order valence-corrected chi connectivity index (χ1v) is 11.9. The fourth-order valence-electron chi connectivity index (χ4n) is 3.55. The Kier molecular flexibility index (Phi) is 6.46. The smallest absolute Gasteiger partial charge is 0.247 e. The molecule has 6 heteroatoms. The van der Waals surface area contributed by atoms with Crippen molar-refractivity contribution in [2.75, 3.05) is 11.5 Å². The maximum absolute atomic E-state index is 13.1. The van der Waals surface area contributed by atoms with Crippen molar-refractivity contribution in [1.82, 2.24) is 4.90 Å². The van der Waals surface area contributed by atoms with Crippen LogP contribution in [0.5, 0.6) is 0 Å². The number of hydrogen-bond donors (Lipinski definition) is 0. The maximum atomic E-state index is 13.1. The number of hydrogen-bond acceptors (Lipinski definition) is 3. The molecular weight excluding hydrogens is 401 g/mol. The molecule has 3 rings (SSSR count). The fraction of sp³-hybridized carbons (Fsp3) is 0.375. The highest BCUT2D eigenvalue weighted by molar-refractivity contribution is 7.91. The zero-order valence-corrected chi connectivity index (χ0v) is 18.5. The molecule has 0 aliphatic carbocycles. The van der Waals surface area contributed by atoms with Gasteiger partial charge in [0.05, 0.1) is 11.5 Å². The third-order valence-electron chi connectivity index (χ3n) is 5.39. The Morgan fingerprint density at radius 3 is 2.27 bits per heavy atom. The van der Waals surface area contributed by atoms with Crippen LogP contribution in [0.2, 0.25) is 0 Å². The minimum Gasteiger partial charge on any atom is -0.331 e. The lowest BCUT2D eigenvalue weighted by atomic mass is 9.86. The summed E-state index contributed by atoms with van der Waals surface area (Å²) in [6.45, 7) is 6.77. The van der Waals surface area contributed by atoms with Crippen molar-refractivity contribution >= 4 is 21.8 Å². The molecule has 1 fully saturated rings. The number of nitrogens with zero attached hydrogens (tertiary/aromatic N) is 1. The number of amides is 1. The second-order valence-corrected chi connectivity index (χ2v) is 11.1. The van der Waals surface area contributed by atoms with Crippen LogP contribution >= 0.6 is 0 Å². The Bertz CT molecular complexity index is 1020. The number of halogens is 1. The van der Waals surface area contributed by atoms with E-state index in [0.29, 0.717) is 18.5 Å². The second-order valence-electron chi connectivity index (χ2n) is 8.85. The molecule has 0 bridgehead atoms. The fourth-order valence-corrected chi connectivity index (χ4v) is 5.28. The molecule has 0 N–H and O–H groups in total. The first-order valence-electron chi connectivity index (χ1n) is 10.1. The second kappa shape index (κ2) is 8.72. The van der Waals surface area contributed by atoms with Gasteiger partial charge in [-0.3, -0.25) is 4.79 Å². The molecule has 0 saturated carbocycles. The molecule has 2 aromatic rings. The molecule has 1 atom stereocenters. The van der Waals surface area contributed by atoms with Crippen LogP contribution in [0, 0.1) is 5.82 Å². The van der Waals surface area contributed by atoms with Gasteiger partial charge in [0, 0.05) is 18.7 Å². The van der Waals surface area contributed by atoms with Gasteiger partial charge in [-0.25, -0.2) is 12.8 Å². The highest BCUT2D eigenvalue weighted by atomic mass is 32.2. The molecule has 0 aromatic heterocycles. The largest absolute Gasteiger partial charge is 0.331 e. The van der Waals surface area contributed by atoms with Crippen LogP contribution in [0.15, 0.2) is 54.6 Å². The Hall–Kier alpha value is -2.47. The normalized spacial score (nSPS) is 18.6. The van der Waals surface area contributed by atoms with E-state index in [4.69, 9.17) is 0 Å². The van der Waals surface area contributed by atoms with Gasteiger partial charge in [-0.1, -0.05) is 57.2 Å². The van der Waals surface area contributed by atoms with E-state index >= 15 is 0 Å². The van der Waals surface area contributed by atoms with Crippen molar-refractivity contribution in [1.29, 1.82) is 0 Å². The Labute approximate surface area is 178 Å². The number of sulfone groups is 1. The molecule has 0 spiro atoms. The lowest BCUT2D eigenvalue weighted by Gasteiger charge is -2.28. The number of carbonyl (C=O) groups excluding carboxylic acids is 1. The molecule has 1 aliphatic rings. The minimum absolute atomic E-state index is 0.0107. The van der Waals surface area contributed by atoms with Gasteiger partial charge >= 0.3 is 0 Å². The van der Waals surface area contributed by atoms with Gasteiger partial charge in [-0.2, -0.15) is 0 Å². The zero-order valence-electron chi connectivity index (χ0n) is 17.6. The number of rotatable bonds is 5. The predicted molar refractivity (Wildman–Crippen MR) is 118 cm³/mol. The van der Waals surface area contributed by atoms with E-state index in [1.54, 1.807) is 23.1 Å². The van der Waals surface area contributed by atoms with E-state index in [0.717, 1.165) is 5.56 Å². The van der Waals surface area contributed by atoms with E-state index in [9.17, 15) is 17.6 Å². The van der Waals surface area contributed by atoms with Crippen molar-refractivity contribution in [3.05, 3.63) is 77.1 Å². The molecular formula is C24H28FNO3S. The lowest BCUT2D eigenvalue weighted by Crippen LogP contribution is -2.39. The lowest BCUT2D eigenvalue weighted by molar-refractivity contribution is -0.128. The molecule has 1 amide bonds. The predicted octanol–water partition coefficient (Wildman–Crippen LogP) is 4.35. The minimum atomic E-state index is -3.12. The molecule has 1 saturated heterocycles. The van der Waals surface area contributed by atoms with Gasteiger partial charge in [0.2, 0.25) is 5.91 Å². The van der Waals surface area contributed by atoms with Crippen LogP contribution < -0.4 is 0 Å². The molecule has 1 unspecified atom stereocenters. The van der Waals surface area contributed by atoms with Crippen molar-refractivity contribution in [2.45, 2.75) is 45.2 Å². The highest BCUT2D eigenvalue weighted by Gasteiger charge is 2.34. The summed E-state index contributed by atoms with van der Waals surface area (Å²) in [5, 5.41) is 0. The number of carbonyl (C=O) groups is 1. The van der Waals surface area contributed by atoms with E-state index in [-0.39, 0.29) is 34.7 Å². The molecule has 1 aliphatic heterocycles. The quantitative estimate of drug-likeness (QED) is 0.664. The van der Waals surface area contributed by atoms with Gasteiger partial charge in [0.1, 0.15) is 5.82 Å². The highest BCUT2D eigenvalue weighted by Crippen LogP contribution is 2.24. The first-order chi connectivity index (χ1) is 14.0. The molecule has 2 aromatic carbocycles. The van der Waals surface area contributed by atoms with Crippen LogP contribution in [0.1, 0.15) is 43.9 Å². The van der Waals surface area contributed by atoms with E-state index in [1.165, 1.54) is 23.8 Å². The van der Waals surface area contributed by atoms with Crippen molar-refractivity contribution in [3.63, 3.8) is 0 Å². The summed E-state index contributed by atoms with van der Waals surface area (Å²) >= 11 is 0. The van der Waals surface area contributed by atoms with Crippen LogP contribution in [0.25, 0.3) is 6.08 Å². The van der Waals surface area contributed by atoms with Gasteiger partial charge < -0.3 is 4.90 Å². The van der Waals surface area contributed by atoms with Crippen LogP contribution in [0.4, 0.5) is 4.39 Å². The van der Waals surface area contributed by atoms with Crippen molar-refractivity contribution < 1.29 is 17.6 Å².